The van der Waals surface area contributed by atoms with Gasteiger partial charge in [0.2, 0.25) is 52.9 Å². The summed E-state index contributed by atoms with van der Waals surface area (Å²) in [5.41, 5.74) is 1.01. The predicted molar refractivity (Wildman–Crippen MR) is 285 cm³/mol. The average molecular weight is 1130 g/mol. The van der Waals surface area contributed by atoms with Crippen LogP contribution in [-0.4, -0.2) is 183 Å². The lowest BCUT2D eigenvalue weighted by Crippen LogP contribution is -2.74. The highest BCUT2D eigenvalue weighted by Crippen LogP contribution is 2.42. The van der Waals surface area contributed by atoms with Crippen molar-refractivity contribution in [3.8, 4) is 5.75 Å². The number of H-pyrrole nitrogens is 1. The molecule has 1 fully saturated rings. The number of aliphatic hydroxyl groups excluding tert-OH is 3. The monoisotopic (exact) mass is 1130 g/mol. The number of nitrogens with two attached hydrogens (primary N) is 1. The van der Waals surface area contributed by atoms with Gasteiger partial charge in [-0.3, -0.25) is 48.5 Å². The molecule has 27 heteroatoms. The van der Waals surface area contributed by atoms with Gasteiger partial charge in [-0.05, 0) is 63.6 Å². The third-order valence-electron chi connectivity index (χ3n) is 14.7. The number of aldehydes is 1. The number of hydrogen-bond acceptors (Lipinski definition) is 18. The van der Waals surface area contributed by atoms with Crippen molar-refractivity contribution in [1.29, 1.82) is 0 Å². The summed E-state index contributed by atoms with van der Waals surface area (Å²) < 4.78 is 12.4. The number of thioether (sulfide) groups is 1. The molecule has 7 rings (SSSR count). The molecule has 79 heavy (non-hydrogen) atoms. The van der Waals surface area contributed by atoms with Crippen LogP contribution < -0.4 is 53.0 Å². The molecule has 0 spiro atoms. The summed E-state index contributed by atoms with van der Waals surface area (Å²) in [5, 5.41) is 55.8. The lowest BCUT2D eigenvalue weighted by Gasteiger charge is -2.49. The van der Waals surface area contributed by atoms with E-state index in [-0.39, 0.29) is 37.3 Å². The molecule has 436 valence electrons. The fourth-order valence-corrected chi connectivity index (χ4v) is 11.4. The van der Waals surface area contributed by atoms with E-state index in [9.17, 15) is 53.7 Å². The van der Waals surface area contributed by atoms with Crippen LogP contribution in [0.4, 0.5) is 4.79 Å². The van der Waals surface area contributed by atoms with Crippen molar-refractivity contribution < 1.29 is 72.7 Å². The van der Waals surface area contributed by atoms with Crippen molar-refractivity contribution in [2.45, 2.75) is 170 Å². The number of rotatable bonds is 16. The first-order chi connectivity index (χ1) is 37.3. The van der Waals surface area contributed by atoms with Crippen molar-refractivity contribution in [1.82, 2.24) is 52.4 Å². The molecule has 0 radical (unpaired) electrons. The Morgan fingerprint density at radius 2 is 1.63 bits per heavy atom. The zero-order valence-electron chi connectivity index (χ0n) is 45.5. The number of aromatic nitrogens is 1. The number of fused-ring (bicyclic) bond motifs is 6. The van der Waals surface area contributed by atoms with Crippen LogP contribution in [0.1, 0.15) is 105 Å². The topological polar surface area (TPSA) is 391 Å². The summed E-state index contributed by atoms with van der Waals surface area (Å²) in [7, 11) is 0. The predicted octanol–water partition coefficient (Wildman–Crippen LogP) is -1.64. The molecule has 1 aromatic heterocycles. The van der Waals surface area contributed by atoms with E-state index in [0.29, 0.717) is 53.5 Å². The molecule has 1 saturated heterocycles. The number of amides is 8. The minimum atomic E-state index is -2.44. The summed E-state index contributed by atoms with van der Waals surface area (Å²) in [6.45, 7) is 7.55. The minimum Gasteiger partial charge on any atom is -0.465 e. The average Bonchev–Trinajstić information content (AvgIpc) is 3.95. The maximum atomic E-state index is 16.3. The highest BCUT2D eigenvalue weighted by atomic mass is 32.2. The largest absolute Gasteiger partial charge is 0.465 e. The Hall–Kier alpha value is -6.39. The number of ether oxygens (including phenoxy) is 2. The number of carbonyl (C=O) groups excluding carboxylic acids is 10. The van der Waals surface area contributed by atoms with E-state index >= 15 is 9.59 Å². The Balaban J connectivity index is 1.61. The second-order valence-corrected chi connectivity index (χ2v) is 22.9. The SMILES string of the molecule is CC[C@H](C)[C@@H]1NC(=O)CNC(=O)C2Cc3c4[nH]c5cc(ccc35)OC(CCCCCCNC(=O)OC(C)(C)C)(C(=O)[C@H](CCC(N)=O)NC(=O)C(CS4)NC(=O)CNC1=O)N1C[C@H](O)C[C@]1(C=O)N[C@@H]([C@@H](C)[C@@H](O)CO)C(=O)N2. The van der Waals surface area contributed by atoms with Gasteiger partial charge in [0.05, 0.1) is 54.5 Å². The van der Waals surface area contributed by atoms with Crippen molar-refractivity contribution in [3.63, 3.8) is 0 Å². The molecule has 5 aliphatic heterocycles. The zero-order chi connectivity index (χ0) is 58.0. The molecule has 6 heterocycles. The molecule has 0 aliphatic carbocycles. The highest BCUT2D eigenvalue weighted by Gasteiger charge is 2.61. The Morgan fingerprint density at radius 3 is 2.30 bits per heavy atom. The minimum absolute atomic E-state index is 0.0309. The van der Waals surface area contributed by atoms with Crippen LogP contribution >= 0.6 is 11.8 Å². The number of Topliss-reactive ketones (excluding diaryl/α,β-unsaturated/α-hetero) is 1. The van der Waals surface area contributed by atoms with E-state index in [0.717, 1.165) is 11.8 Å². The summed E-state index contributed by atoms with van der Waals surface area (Å²) >= 11 is 1.03. The summed E-state index contributed by atoms with van der Waals surface area (Å²) in [4.78, 5) is 146. The van der Waals surface area contributed by atoms with Gasteiger partial charge < -0.3 is 72.7 Å². The van der Waals surface area contributed by atoms with Gasteiger partial charge >= 0.3 is 6.09 Å². The van der Waals surface area contributed by atoms with E-state index < -0.39 is 170 Å². The Bertz CT molecular complexity index is 2610. The molecular formula is C52H77N11O15S. The second kappa shape index (κ2) is 26.7. The van der Waals surface area contributed by atoms with E-state index in [1.807, 2.05) is 0 Å². The van der Waals surface area contributed by atoms with Crippen LogP contribution in [0.15, 0.2) is 23.2 Å². The number of hydrogen-bond donors (Lipinski definition) is 13. The van der Waals surface area contributed by atoms with Gasteiger partial charge in [-0.2, -0.15) is 0 Å². The van der Waals surface area contributed by atoms with E-state index in [1.54, 1.807) is 52.8 Å². The van der Waals surface area contributed by atoms with Crippen LogP contribution in [-0.2, 0) is 54.3 Å². The van der Waals surface area contributed by atoms with Gasteiger partial charge in [0.1, 0.15) is 35.1 Å². The number of aliphatic hydroxyl groups is 3. The molecule has 14 N–H and O–H groups in total. The lowest BCUT2D eigenvalue weighted by molar-refractivity contribution is -0.175. The van der Waals surface area contributed by atoms with Crippen LogP contribution in [0.25, 0.3) is 10.9 Å². The molecule has 5 aliphatic rings. The molecule has 2 aromatic rings. The third-order valence-corrected chi connectivity index (χ3v) is 15.9. The van der Waals surface area contributed by atoms with E-state index in [2.05, 4.69) is 47.5 Å². The Labute approximate surface area is 461 Å². The second-order valence-electron chi connectivity index (χ2n) is 21.9. The quantitative estimate of drug-likeness (QED) is 0.0662. The number of carbonyl (C=O) groups is 10. The van der Waals surface area contributed by atoms with E-state index in [1.165, 1.54) is 11.8 Å². The highest BCUT2D eigenvalue weighted by molar-refractivity contribution is 7.99. The molecule has 3 unspecified atom stereocenters. The Morgan fingerprint density at radius 1 is 0.937 bits per heavy atom. The lowest BCUT2D eigenvalue weighted by atomic mass is 9.87. The van der Waals surface area contributed by atoms with Gasteiger partial charge in [0.15, 0.2) is 6.29 Å². The molecule has 8 amide bonds. The maximum Gasteiger partial charge on any atom is 0.407 e. The smallest absolute Gasteiger partial charge is 0.407 e. The summed E-state index contributed by atoms with van der Waals surface area (Å²) in [6.07, 6.45) is -3.58. The number of ketones is 1. The fourth-order valence-electron chi connectivity index (χ4n) is 10.3. The maximum absolute atomic E-state index is 16.3. The van der Waals surface area contributed by atoms with Crippen molar-refractivity contribution >= 4 is 82.2 Å². The number of aromatic amines is 1. The molecule has 8 bridgehead atoms. The molecule has 11 atom stereocenters. The van der Waals surface area contributed by atoms with Crippen molar-refractivity contribution in [2.75, 3.05) is 38.5 Å². The number of benzene rings is 1. The first kappa shape index (κ1) is 61.8. The van der Waals surface area contributed by atoms with Gasteiger partial charge in [-0.25, -0.2) is 9.69 Å². The third kappa shape index (κ3) is 15.3. The van der Waals surface area contributed by atoms with Crippen LogP contribution in [0, 0.1) is 11.8 Å². The van der Waals surface area contributed by atoms with Crippen molar-refractivity contribution in [3.05, 3.63) is 23.8 Å². The number of nitrogens with one attached hydrogen (secondary N) is 9. The molecule has 1 aromatic carbocycles. The van der Waals surface area contributed by atoms with E-state index in [4.69, 9.17) is 15.2 Å². The molecular weight excluding hydrogens is 1050 g/mol. The van der Waals surface area contributed by atoms with Crippen LogP contribution in [0.3, 0.4) is 0 Å². The fraction of sp³-hybridized carbons (Fsp3) is 0.654. The number of unbranched alkanes of at least 4 members (excludes halogenated alkanes) is 3. The number of nitrogens with zero attached hydrogens (tertiary/aromatic N) is 1. The molecule has 0 saturated carbocycles. The zero-order valence-corrected chi connectivity index (χ0v) is 46.3. The standard InChI is InChI=1S/C52H77N11O15S/c1-7-27(2)41-46(74)56-21-39(69)57-36-25-79-48-32-19-35(44(72)55-22-40(70)61-41)59-47(75)42(28(3)37(67)24-64)62-51(26-65)20-29(66)23-63(51)52(77-30-12-13-31(32)34(18-30)60-48,43(71)33(58-45(36)73)14-15-38(53)68)16-10-8-9-11-17-54-49(76)78-50(4,5)6/h12-13,18,26-29,33,35-37,41-42,60,62,64,66-67H,7-11,14-17,19-25H2,1-6H3,(H2,53,68)(H,54,76)(H,55,72)(H,56,74)(H,57,69)(H,58,73)(H,59,75)(H,61,70)/t27-,28-,29+,33-,35?,36?,37-,41-,42-,51-,52?/m0/s1. The van der Waals surface area contributed by atoms with Gasteiger partial charge in [-0.1, -0.05) is 40.0 Å². The number of alkyl carbamates (subject to hydrolysis) is 1. The van der Waals surface area contributed by atoms with Gasteiger partial charge in [0, 0.05) is 61.9 Å². The molecule has 26 nitrogen and oxygen atoms in total. The van der Waals surface area contributed by atoms with Crippen LogP contribution in [0.2, 0.25) is 0 Å². The van der Waals surface area contributed by atoms with Gasteiger partial charge in [-0.15, -0.1) is 11.8 Å². The van der Waals surface area contributed by atoms with Crippen LogP contribution in [0.5, 0.6) is 5.75 Å². The summed E-state index contributed by atoms with van der Waals surface area (Å²) in [6, 6.07) is -2.93. The first-order valence-corrected chi connectivity index (χ1v) is 27.8. The Kier molecular flexibility index (Phi) is 20.9. The first-order valence-electron chi connectivity index (χ1n) is 26.8. The number of primary amides is 1. The van der Waals surface area contributed by atoms with Crippen molar-refractivity contribution in [2.24, 2.45) is 17.6 Å². The normalized spacial score (nSPS) is 27.9. The summed E-state index contributed by atoms with van der Waals surface area (Å²) in [5.74, 6) is -9.01. The van der Waals surface area contributed by atoms with Gasteiger partial charge in [0.25, 0.3) is 0 Å².